The van der Waals surface area contributed by atoms with E-state index in [0.29, 0.717) is 23.1 Å². The highest BCUT2D eigenvalue weighted by molar-refractivity contribution is 7.99. The SMILES string of the molecule is COc1ccccc1NC(=O)CCN1C(=S)NC(c2ccccn2)C1c1ccc(Sc2ccccc2)o1. The average Bonchev–Trinajstić information content (AvgIpc) is 3.52. The van der Waals surface area contributed by atoms with E-state index in [4.69, 9.17) is 21.4 Å². The molecule has 2 N–H and O–H groups in total. The zero-order valence-corrected chi connectivity index (χ0v) is 21.8. The molecule has 1 saturated heterocycles. The lowest BCUT2D eigenvalue weighted by Crippen LogP contribution is -2.32. The van der Waals surface area contributed by atoms with Gasteiger partial charge in [0.25, 0.3) is 0 Å². The number of carbonyl (C=O) groups is 1. The highest BCUT2D eigenvalue weighted by atomic mass is 32.2. The fourth-order valence-corrected chi connectivity index (χ4v) is 5.42. The van der Waals surface area contributed by atoms with Crippen LogP contribution in [0, 0.1) is 0 Å². The van der Waals surface area contributed by atoms with E-state index < -0.39 is 0 Å². The summed E-state index contributed by atoms with van der Waals surface area (Å²) in [5.74, 6) is 1.24. The van der Waals surface area contributed by atoms with Crippen LogP contribution in [0.25, 0.3) is 0 Å². The van der Waals surface area contributed by atoms with Gasteiger partial charge in [-0.05, 0) is 60.7 Å². The largest absolute Gasteiger partial charge is 0.495 e. The Morgan fingerprint density at radius 2 is 1.86 bits per heavy atom. The average molecular weight is 531 g/mol. The monoisotopic (exact) mass is 530 g/mol. The Balaban J connectivity index is 1.36. The van der Waals surface area contributed by atoms with Gasteiger partial charge in [0.2, 0.25) is 5.91 Å². The van der Waals surface area contributed by atoms with Gasteiger partial charge in [0.05, 0.1) is 24.5 Å². The fraction of sp³-hybridized carbons (Fsp3) is 0.179. The summed E-state index contributed by atoms with van der Waals surface area (Å²) in [7, 11) is 1.58. The smallest absolute Gasteiger partial charge is 0.226 e. The van der Waals surface area contributed by atoms with E-state index in [0.717, 1.165) is 21.4 Å². The van der Waals surface area contributed by atoms with Gasteiger partial charge in [-0.15, -0.1) is 0 Å². The number of carbonyl (C=O) groups excluding carboxylic acids is 1. The van der Waals surface area contributed by atoms with Gasteiger partial charge in [0.15, 0.2) is 10.2 Å². The molecule has 0 aliphatic carbocycles. The molecule has 2 aromatic carbocycles. The number of pyridine rings is 1. The summed E-state index contributed by atoms with van der Waals surface area (Å²) < 4.78 is 11.7. The summed E-state index contributed by atoms with van der Waals surface area (Å²) in [6, 6.07) is 26.7. The molecule has 0 radical (unpaired) electrons. The first-order valence-corrected chi connectivity index (χ1v) is 13.1. The van der Waals surface area contributed by atoms with Crippen molar-refractivity contribution >= 4 is 40.7 Å². The van der Waals surface area contributed by atoms with Crippen LogP contribution in [0.15, 0.2) is 106 Å². The number of nitrogens with zero attached hydrogens (tertiary/aromatic N) is 2. The van der Waals surface area contributed by atoms with Crippen LogP contribution in [-0.2, 0) is 4.79 Å². The summed E-state index contributed by atoms with van der Waals surface area (Å²) in [6.45, 7) is 0.405. The number of para-hydroxylation sites is 2. The van der Waals surface area contributed by atoms with E-state index in [1.807, 2.05) is 89.8 Å². The van der Waals surface area contributed by atoms with Crippen LogP contribution in [0.4, 0.5) is 5.69 Å². The predicted octanol–water partition coefficient (Wildman–Crippen LogP) is 5.84. The van der Waals surface area contributed by atoms with Crippen LogP contribution < -0.4 is 15.4 Å². The van der Waals surface area contributed by atoms with Crippen LogP contribution >= 0.6 is 24.0 Å². The number of aromatic nitrogens is 1. The maximum atomic E-state index is 12.8. The Morgan fingerprint density at radius 1 is 1.08 bits per heavy atom. The lowest BCUT2D eigenvalue weighted by Gasteiger charge is -2.25. The molecule has 2 atom stereocenters. The first-order valence-electron chi connectivity index (χ1n) is 11.9. The van der Waals surface area contributed by atoms with Gasteiger partial charge < -0.3 is 24.7 Å². The molecule has 9 heteroatoms. The van der Waals surface area contributed by atoms with Crippen molar-refractivity contribution in [3.63, 3.8) is 0 Å². The van der Waals surface area contributed by atoms with Crippen molar-refractivity contribution in [3.8, 4) is 5.75 Å². The first-order chi connectivity index (χ1) is 18.1. The van der Waals surface area contributed by atoms with Crippen molar-refractivity contribution in [2.75, 3.05) is 19.0 Å². The number of amides is 1. The number of anilines is 1. The van der Waals surface area contributed by atoms with Crippen LogP contribution in [0.5, 0.6) is 5.75 Å². The number of thiocarbonyl (C=S) groups is 1. The van der Waals surface area contributed by atoms with Crippen molar-refractivity contribution in [2.45, 2.75) is 28.5 Å². The quantitative estimate of drug-likeness (QED) is 0.262. The van der Waals surface area contributed by atoms with E-state index in [9.17, 15) is 4.79 Å². The summed E-state index contributed by atoms with van der Waals surface area (Å²) in [5, 5.41) is 7.67. The lowest BCUT2D eigenvalue weighted by atomic mass is 10.0. The highest BCUT2D eigenvalue weighted by Gasteiger charge is 2.41. The third kappa shape index (κ3) is 5.79. The maximum Gasteiger partial charge on any atom is 0.226 e. The molecule has 37 heavy (non-hydrogen) atoms. The molecular formula is C28H26N4O3S2. The van der Waals surface area contributed by atoms with E-state index in [2.05, 4.69) is 15.6 Å². The fourth-order valence-electron chi connectivity index (χ4n) is 4.29. The third-order valence-electron chi connectivity index (χ3n) is 6.01. The number of hydrogen-bond donors (Lipinski definition) is 2. The molecular weight excluding hydrogens is 504 g/mol. The zero-order chi connectivity index (χ0) is 25.6. The van der Waals surface area contributed by atoms with Gasteiger partial charge in [-0.2, -0.15) is 0 Å². The second-order valence-electron chi connectivity index (χ2n) is 8.39. The lowest BCUT2D eigenvalue weighted by molar-refractivity contribution is -0.116. The molecule has 1 aliphatic rings. The molecule has 2 unspecified atom stereocenters. The van der Waals surface area contributed by atoms with E-state index >= 15 is 0 Å². The number of hydrogen-bond acceptors (Lipinski definition) is 6. The molecule has 0 spiro atoms. The van der Waals surface area contributed by atoms with Crippen LogP contribution in [0.2, 0.25) is 0 Å². The van der Waals surface area contributed by atoms with Gasteiger partial charge in [-0.25, -0.2) is 0 Å². The number of methoxy groups -OCH3 is 1. The molecule has 3 heterocycles. The minimum atomic E-state index is -0.258. The number of benzene rings is 2. The van der Waals surface area contributed by atoms with Gasteiger partial charge >= 0.3 is 0 Å². The van der Waals surface area contributed by atoms with Crippen molar-refractivity contribution in [1.29, 1.82) is 0 Å². The molecule has 2 aromatic heterocycles. The van der Waals surface area contributed by atoms with Crippen LogP contribution in [0.3, 0.4) is 0 Å². The predicted molar refractivity (Wildman–Crippen MR) is 148 cm³/mol. The first kappa shape index (κ1) is 24.9. The topological polar surface area (TPSA) is 79.6 Å². The van der Waals surface area contributed by atoms with Gasteiger partial charge in [0.1, 0.15) is 17.6 Å². The summed E-state index contributed by atoms with van der Waals surface area (Å²) >= 11 is 7.28. The zero-order valence-electron chi connectivity index (χ0n) is 20.2. The van der Waals surface area contributed by atoms with E-state index in [-0.39, 0.29) is 24.4 Å². The normalized spacial score (nSPS) is 16.9. The van der Waals surface area contributed by atoms with Gasteiger partial charge in [0, 0.05) is 24.1 Å². The molecule has 1 amide bonds. The Labute approximate surface area is 225 Å². The second kappa shape index (κ2) is 11.5. The Bertz CT molecular complexity index is 1360. The van der Waals surface area contributed by atoms with Crippen LogP contribution in [0.1, 0.15) is 30.0 Å². The van der Waals surface area contributed by atoms with Gasteiger partial charge in [-0.1, -0.05) is 48.2 Å². The molecule has 1 fully saturated rings. The minimum absolute atomic E-state index is 0.132. The standard InChI is InChI=1S/C28H26N4O3S2/c1-34-22-13-6-5-11-20(22)30-24(33)16-18-32-27(26(31-28(32)36)21-12-7-8-17-29-21)23-14-15-25(35-23)37-19-9-3-2-4-10-19/h2-15,17,26-27H,16,18H2,1H3,(H,30,33)(H,31,36). The van der Waals surface area contributed by atoms with Crippen molar-refractivity contribution < 1.29 is 13.9 Å². The van der Waals surface area contributed by atoms with Crippen LogP contribution in [-0.4, -0.2) is 34.6 Å². The second-order valence-corrected chi connectivity index (χ2v) is 9.85. The number of nitrogens with one attached hydrogen (secondary N) is 2. The third-order valence-corrected chi connectivity index (χ3v) is 7.29. The van der Waals surface area contributed by atoms with Crippen molar-refractivity contribution in [3.05, 3.63) is 103 Å². The molecule has 1 aliphatic heterocycles. The summed E-state index contributed by atoms with van der Waals surface area (Å²) in [5.41, 5.74) is 1.48. The highest BCUT2D eigenvalue weighted by Crippen LogP contribution is 2.41. The maximum absolute atomic E-state index is 12.8. The molecule has 5 rings (SSSR count). The number of furan rings is 1. The minimum Gasteiger partial charge on any atom is -0.495 e. The van der Waals surface area contributed by atoms with Crippen molar-refractivity contribution in [1.82, 2.24) is 15.2 Å². The van der Waals surface area contributed by atoms with E-state index in [1.165, 1.54) is 0 Å². The molecule has 7 nitrogen and oxygen atoms in total. The molecule has 188 valence electrons. The Kier molecular flexibility index (Phi) is 7.72. The molecule has 0 saturated carbocycles. The van der Waals surface area contributed by atoms with Gasteiger partial charge in [-0.3, -0.25) is 9.78 Å². The van der Waals surface area contributed by atoms with E-state index in [1.54, 1.807) is 25.1 Å². The molecule has 4 aromatic rings. The summed E-state index contributed by atoms with van der Waals surface area (Å²) in [6.07, 6.45) is 2.00. The Hall–Kier alpha value is -3.82. The summed E-state index contributed by atoms with van der Waals surface area (Å²) in [4.78, 5) is 20.5. The van der Waals surface area contributed by atoms with Crippen molar-refractivity contribution in [2.24, 2.45) is 0 Å². The Morgan fingerprint density at radius 3 is 2.65 bits per heavy atom. The molecule has 0 bridgehead atoms. The number of rotatable bonds is 9. The number of ether oxygens (including phenoxy) is 1.